The third kappa shape index (κ3) is 4.91. The van der Waals surface area contributed by atoms with E-state index in [0.717, 1.165) is 19.3 Å². The highest BCUT2D eigenvalue weighted by Crippen LogP contribution is 2.42. The molecule has 6 rings (SSSR count). The second-order valence-corrected chi connectivity index (χ2v) is 13.2. The molecule has 0 radical (unpaired) electrons. The molecule has 0 fully saturated rings. The molecule has 2 unspecified atom stereocenters. The van der Waals surface area contributed by atoms with Gasteiger partial charge in [-0.1, -0.05) is 80.8 Å². The molecule has 2 aliphatic heterocycles. The lowest BCUT2D eigenvalue weighted by molar-refractivity contribution is 0.693. The van der Waals surface area contributed by atoms with Crippen molar-refractivity contribution in [1.82, 2.24) is 0 Å². The van der Waals surface area contributed by atoms with Gasteiger partial charge in [-0.2, -0.15) is 0 Å². The number of allylic oxidation sites excluding steroid dienone is 5. The van der Waals surface area contributed by atoms with Crippen molar-refractivity contribution in [1.29, 1.82) is 0 Å². The van der Waals surface area contributed by atoms with E-state index < -0.39 is 0 Å². The molecular formula is C40H47BN2. The molecule has 0 saturated carbocycles. The average molecular weight is 567 g/mol. The Kier molecular flexibility index (Phi) is 7.79. The van der Waals surface area contributed by atoms with Crippen molar-refractivity contribution in [3.8, 4) is 0 Å². The number of hydrogen-bond acceptors (Lipinski definition) is 2. The van der Waals surface area contributed by atoms with Crippen molar-refractivity contribution in [2.45, 2.75) is 87.6 Å². The van der Waals surface area contributed by atoms with Crippen LogP contribution in [0.1, 0.15) is 76.1 Å². The Morgan fingerprint density at radius 1 is 0.837 bits per heavy atom. The highest BCUT2D eigenvalue weighted by atomic mass is 15.2. The van der Waals surface area contributed by atoms with Gasteiger partial charge in [0.15, 0.2) is 0 Å². The van der Waals surface area contributed by atoms with Gasteiger partial charge in [0, 0.05) is 28.4 Å². The molecule has 3 aromatic rings. The van der Waals surface area contributed by atoms with E-state index in [2.05, 4.69) is 145 Å². The zero-order valence-electron chi connectivity index (χ0n) is 27.7. The SMILES string of the molecule is CC/C=C\C(=C/C(C)CC)N1c2cc(C)c(C)cc2B2c3cc(C)c(C)cc3N(C3C=C(C)C(C)=CC3)c3cccc1c32. The van der Waals surface area contributed by atoms with Gasteiger partial charge in [-0.25, -0.2) is 0 Å². The summed E-state index contributed by atoms with van der Waals surface area (Å²) in [6.07, 6.45) is 15.2. The first-order chi connectivity index (χ1) is 20.6. The van der Waals surface area contributed by atoms with Crippen LogP contribution in [-0.2, 0) is 0 Å². The van der Waals surface area contributed by atoms with Gasteiger partial charge in [-0.05, 0) is 129 Å². The third-order valence-corrected chi connectivity index (χ3v) is 10.2. The summed E-state index contributed by atoms with van der Waals surface area (Å²) < 4.78 is 0. The molecule has 0 spiro atoms. The van der Waals surface area contributed by atoms with E-state index >= 15 is 0 Å². The summed E-state index contributed by atoms with van der Waals surface area (Å²) in [5, 5.41) is 0. The lowest BCUT2D eigenvalue weighted by Crippen LogP contribution is -2.63. The molecule has 0 N–H and O–H groups in total. The minimum atomic E-state index is 0.188. The molecule has 0 saturated heterocycles. The topological polar surface area (TPSA) is 6.48 Å². The first-order valence-corrected chi connectivity index (χ1v) is 16.3. The number of anilines is 4. The van der Waals surface area contributed by atoms with E-state index in [1.807, 2.05) is 0 Å². The van der Waals surface area contributed by atoms with E-state index in [9.17, 15) is 0 Å². The van der Waals surface area contributed by atoms with Crippen molar-refractivity contribution in [3.05, 3.63) is 112 Å². The highest BCUT2D eigenvalue weighted by Gasteiger charge is 2.44. The Morgan fingerprint density at radius 2 is 1.47 bits per heavy atom. The molecule has 2 heterocycles. The number of rotatable bonds is 6. The lowest BCUT2D eigenvalue weighted by atomic mass is 9.33. The Morgan fingerprint density at radius 3 is 2.12 bits per heavy atom. The van der Waals surface area contributed by atoms with Crippen molar-refractivity contribution in [2.24, 2.45) is 5.92 Å². The highest BCUT2D eigenvalue weighted by molar-refractivity contribution is 7.00. The summed E-state index contributed by atoms with van der Waals surface area (Å²) in [4.78, 5) is 5.24. The van der Waals surface area contributed by atoms with E-state index in [1.165, 1.54) is 78.2 Å². The van der Waals surface area contributed by atoms with Gasteiger partial charge < -0.3 is 9.80 Å². The summed E-state index contributed by atoms with van der Waals surface area (Å²) in [5.41, 5.74) is 19.1. The molecule has 2 nitrogen and oxygen atoms in total. The summed E-state index contributed by atoms with van der Waals surface area (Å²) in [6.45, 7) is 20.6. The fourth-order valence-electron chi connectivity index (χ4n) is 7.11. The Labute approximate surface area is 260 Å². The van der Waals surface area contributed by atoms with Crippen LogP contribution in [-0.4, -0.2) is 12.8 Å². The number of fused-ring (bicyclic) bond motifs is 4. The molecule has 1 aliphatic carbocycles. The normalized spacial score (nSPS) is 18.3. The average Bonchev–Trinajstić information content (AvgIpc) is 2.98. The smallest absolute Gasteiger partial charge is 0.252 e. The molecule has 3 aliphatic rings. The predicted octanol–water partition coefficient (Wildman–Crippen LogP) is 8.90. The molecule has 0 amide bonds. The van der Waals surface area contributed by atoms with Gasteiger partial charge >= 0.3 is 0 Å². The van der Waals surface area contributed by atoms with Crippen molar-refractivity contribution >= 4 is 45.9 Å². The molecule has 0 aromatic heterocycles. The molecular weight excluding hydrogens is 519 g/mol. The molecule has 2 atom stereocenters. The number of aryl methyl sites for hydroxylation is 4. The van der Waals surface area contributed by atoms with Crippen molar-refractivity contribution in [2.75, 3.05) is 9.80 Å². The van der Waals surface area contributed by atoms with Crippen LogP contribution in [0.25, 0.3) is 0 Å². The first kappa shape index (κ1) is 29.4. The van der Waals surface area contributed by atoms with Crippen LogP contribution in [0.2, 0.25) is 0 Å². The number of benzene rings is 3. The lowest BCUT2D eigenvalue weighted by Gasteiger charge is -2.47. The van der Waals surface area contributed by atoms with Crippen LogP contribution >= 0.6 is 0 Å². The maximum atomic E-state index is 2.66. The second kappa shape index (κ2) is 11.4. The Hall–Kier alpha value is -3.72. The second-order valence-electron chi connectivity index (χ2n) is 13.2. The fraction of sp³-hybridized carbons (Fsp3) is 0.350. The third-order valence-electron chi connectivity index (χ3n) is 10.2. The van der Waals surface area contributed by atoms with Gasteiger partial charge in [0.2, 0.25) is 0 Å². The van der Waals surface area contributed by atoms with E-state index in [4.69, 9.17) is 0 Å². The van der Waals surface area contributed by atoms with Gasteiger partial charge in [-0.15, -0.1) is 0 Å². The molecule has 3 heteroatoms. The van der Waals surface area contributed by atoms with Gasteiger partial charge in [0.1, 0.15) is 0 Å². The number of nitrogens with zero attached hydrogens (tertiary/aromatic N) is 2. The number of hydrogen-bond donors (Lipinski definition) is 0. The molecule has 220 valence electrons. The quantitative estimate of drug-likeness (QED) is 0.217. The maximum Gasteiger partial charge on any atom is 0.252 e. The monoisotopic (exact) mass is 566 g/mol. The van der Waals surface area contributed by atoms with Crippen LogP contribution < -0.4 is 26.2 Å². The van der Waals surface area contributed by atoms with E-state index in [-0.39, 0.29) is 12.8 Å². The first-order valence-electron chi connectivity index (χ1n) is 16.3. The molecule has 3 aromatic carbocycles. The van der Waals surface area contributed by atoms with Crippen LogP contribution in [0.3, 0.4) is 0 Å². The summed E-state index contributed by atoms with van der Waals surface area (Å²) >= 11 is 0. The van der Waals surface area contributed by atoms with Gasteiger partial charge in [0.25, 0.3) is 6.71 Å². The van der Waals surface area contributed by atoms with E-state index in [1.54, 1.807) is 0 Å². The van der Waals surface area contributed by atoms with Crippen LogP contribution in [0.15, 0.2) is 89.7 Å². The Balaban J connectivity index is 1.69. The minimum Gasteiger partial charge on any atom is -0.335 e. The largest absolute Gasteiger partial charge is 0.335 e. The predicted molar refractivity (Wildman–Crippen MR) is 190 cm³/mol. The van der Waals surface area contributed by atoms with Crippen molar-refractivity contribution in [3.63, 3.8) is 0 Å². The maximum absolute atomic E-state index is 2.66. The van der Waals surface area contributed by atoms with Crippen LogP contribution in [0.4, 0.5) is 22.7 Å². The van der Waals surface area contributed by atoms with Gasteiger partial charge in [-0.3, -0.25) is 0 Å². The van der Waals surface area contributed by atoms with E-state index in [0.29, 0.717) is 5.92 Å². The molecule has 43 heavy (non-hydrogen) atoms. The Bertz CT molecular complexity index is 1720. The van der Waals surface area contributed by atoms with Crippen LogP contribution in [0, 0.1) is 33.6 Å². The van der Waals surface area contributed by atoms with Gasteiger partial charge in [0.05, 0.1) is 6.04 Å². The summed E-state index contributed by atoms with van der Waals surface area (Å²) in [7, 11) is 0. The molecule has 0 bridgehead atoms. The van der Waals surface area contributed by atoms with Crippen LogP contribution in [0.5, 0.6) is 0 Å². The minimum absolute atomic E-state index is 0.188. The summed E-state index contributed by atoms with van der Waals surface area (Å²) in [5.74, 6) is 0.483. The van der Waals surface area contributed by atoms with Crippen molar-refractivity contribution < 1.29 is 0 Å². The summed E-state index contributed by atoms with van der Waals surface area (Å²) in [6, 6.07) is 17.2. The zero-order chi connectivity index (χ0) is 30.6. The standard InChI is InChI=1S/C40H47BN2/c1-10-12-14-32(19-25(3)11-2)42-36-15-13-16-37-40(36)41(34-21-28(6)30(8)23-38(34)42)35-22-29(7)31(9)24-39(35)43(37)33-18-17-26(4)27(5)20-33/h12-17,19-25,33H,10-11,18H2,1-9H3/b14-12-,32-19+. The zero-order valence-corrected chi connectivity index (χ0v) is 27.7. The fourth-order valence-corrected chi connectivity index (χ4v) is 7.11.